The predicted octanol–water partition coefficient (Wildman–Crippen LogP) is 1.53. The van der Waals surface area contributed by atoms with Crippen molar-refractivity contribution < 1.29 is 13.8 Å². The molecule has 0 atom stereocenters. The van der Waals surface area contributed by atoms with Crippen LogP contribution in [-0.2, 0) is 17.8 Å². The van der Waals surface area contributed by atoms with E-state index in [0.717, 1.165) is 17.0 Å². The van der Waals surface area contributed by atoms with Crippen LogP contribution in [0.4, 0.5) is 0 Å². The third kappa shape index (κ3) is 2.97. The number of nitrogens with zero attached hydrogens (tertiary/aromatic N) is 2. The lowest BCUT2D eigenvalue weighted by Crippen LogP contribution is -2.23. The van der Waals surface area contributed by atoms with Gasteiger partial charge in [0, 0.05) is 18.1 Å². The second-order valence-corrected chi connectivity index (χ2v) is 4.07. The fourth-order valence-corrected chi connectivity index (χ4v) is 1.70. The van der Waals surface area contributed by atoms with Crippen molar-refractivity contribution in [3.05, 3.63) is 35.0 Å². The summed E-state index contributed by atoms with van der Waals surface area (Å²) >= 11 is 0. The molecule has 96 valence electrons. The zero-order valence-corrected chi connectivity index (χ0v) is 10.4. The molecule has 2 heterocycles. The van der Waals surface area contributed by atoms with Crippen molar-refractivity contribution in [2.75, 3.05) is 0 Å². The van der Waals surface area contributed by atoms with E-state index in [9.17, 15) is 4.79 Å². The van der Waals surface area contributed by atoms with Gasteiger partial charge in [-0.05, 0) is 20.3 Å². The fraction of sp³-hybridized carbons (Fsp3) is 0.417. The molecule has 0 bridgehead atoms. The summed E-state index contributed by atoms with van der Waals surface area (Å²) in [5.74, 6) is 0.745. The molecule has 0 fully saturated rings. The Kier molecular flexibility index (Phi) is 3.76. The third-order valence-corrected chi connectivity index (χ3v) is 2.74. The highest BCUT2D eigenvalue weighted by Gasteiger charge is 2.11. The monoisotopic (exact) mass is 249 g/mol. The Bertz CT molecular complexity index is 497. The number of carbonyl (C=O) groups excluding carboxylic acids is 1. The molecule has 0 radical (unpaired) electrons. The minimum absolute atomic E-state index is 0.0296. The van der Waals surface area contributed by atoms with E-state index in [-0.39, 0.29) is 5.91 Å². The number of aryl methyl sites for hydroxylation is 2. The summed E-state index contributed by atoms with van der Waals surface area (Å²) < 4.78 is 9.72. The topological polar surface area (TPSA) is 81.2 Å². The van der Waals surface area contributed by atoms with Crippen LogP contribution in [0.5, 0.6) is 0 Å². The lowest BCUT2D eigenvalue weighted by Gasteiger charge is -2.02. The molecule has 0 aliphatic rings. The van der Waals surface area contributed by atoms with Crippen LogP contribution < -0.4 is 5.32 Å². The molecule has 6 heteroatoms. The van der Waals surface area contributed by atoms with Crippen LogP contribution in [-0.4, -0.2) is 16.2 Å². The lowest BCUT2D eigenvalue weighted by atomic mass is 10.1. The molecule has 2 aromatic heterocycles. The number of rotatable bonds is 5. The molecule has 0 aromatic carbocycles. The normalized spacial score (nSPS) is 10.6. The van der Waals surface area contributed by atoms with E-state index in [0.29, 0.717) is 25.1 Å². The molecule has 1 amide bonds. The van der Waals surface area contributed by atoms with Gasteiger partial charge in [0.05, 0.1) is 12.2 Å². The largest absolute Gasteiger partial charge is 0.364 e. The first-order valence-electron chi connectivity index (χ1n) is 5.74. The smallest absolute Gasteiger partial charge is 0.220 e. The molecule has 2 rings (SSSR count). The quantitative estimate of drug-likeness (QED) is 0.869. The molecule has 0 aliphatic heterocycles. The zero-order chi connectivity index (χ0) is 13.0. The maximum atomic E-state index is 11.6. The van der Waals surface area contributed by atoms with Gasteiger partial charge in [0.25, 0.3) is 0 Å². The first-order valence-corrected chi connectivity index (χ1v) is 5.74. The summed E-state index contributed by atoms with van der Waals surface area (Å²) in [6.07, 6.45) is 2.51. The highest BCUT2D eigenvalue weighted by Crippen LogP contribution is 2.14. The van der Waals surface area contributed by atoms with Crippen molar-refractivity contribution in [2.45, 2.75) is 33.2 Å². The van der Waals surface area contributed by atoms with Crippen molar-refractivity contribution in [1.82, 2.24) is 15.6 Å². The van der Waals surface area contributed by atoms with E-state index >= 15 is 0 Å². The van der Waals surface area contributed by atoms with Crippen molar-refractivity contribution in [2.24, 2.45) is 0 Å². The van der Waals surface area contributed by atoms with Gasteiger partial charge in [0.15, 0.2) is 0 Å². The molecule has 0 spiro atoms. The number of hydrogen-bond acceptors (Lipinski definition) is 5. The number of nitrogens with one attached hydrogen (secondary N) is 1. The second-order valence-electron chi connectivity index (χ2n) is 4.07. The number of carbonyl (C=O) groups is 1. The van der Waals surface area contributed by atoms with Crippen LogP contribution in [0, 0.1) is 13.8 Å². The first-order chi connectivity index (χ1) is 8.66. The van der Waals surface area contributed by atoms with E-state index < -0.39 is 0 Å². The van der Waals surface area contributed by atoms with Crippen molar-refractivity contribution in [3.8, 4) is 0 Å². The summed E-state index contributed by atoms with van der Waals surface area (Å²) in [7, 11) is 0. The van der Waals surface area contributed by atoms with Gasteiger partial charge in [-0.15, -0.1) is 0 Å². The van der Waals surface area contributed by atoms with Gasteiger partial charge in [-0.3, -0.25) is 4.79 Å². The van der Waals surface area contributed by atoms with Gasteiger partial charge < -0.3 is 14.4 Å². The summed E-state index contributed by atoms with van der Waals surface area (Å²) in [5, 5.41) is 10.3. The van der Waals surface area contributed by atoms with Crippen molar-refractivity contribution >= 4 is 5.91 Å². The lowest BCUT2D eigenvalue weighted by molar-refractivity contribution is -0.121. The highest BCUT2D eigenvalue weighted by molar-refractivity contribution is 5.76. The molecule has 0 unspecified atom stereocenters. The van der Waals surface area contributed by atoms with E-state index in [4.69, 9.17) is 4.52 Å². The Morgan fingerprint density at radius 3 is 2.83 bits per heavy atom. The van der Waals surface area contributed by atoms with Crippen LogP contribution >= 0.6 is 0 Å². The molecule has 0 saturated heterocycles. The molecule has 6 nitrogen and oxygen atoms in total. The Hall–Kier alpha value is -2.11. The molecule has 2 aromatic rings. The number of aromatic nitrogens is 2. The predicted molar refractivity (Wildman–Crippen MR) is 62.6 cm³/mol. The van der Waals surface area contributed by atoms with Crippen LogP contribution in [0.3, 0.4) is 0 Å². The van der Waals surface area contributed by atoms with Crippen molar-refractivity contribution in [3.63, 3.8) is 0 Å². The van der Waals surface area contributed by atoms with Crippen LogP contribution in [0.25, 0.3) is 0 Å². The van der Waals surface area contributed by atoms with Crippen LogP contribution in [0.2, 0.25) is 0 Å². The Morgan fingerprint density at radius 1 is 1.39 bits per heavy atom. The maximum absolute atomic E-state index is 11.6. The molecular weight excluding hydrogens is 234 g/mol. The average molecular weight is 249 g/mol. The molecule has 18 heavy (non-hydrogen) atoms. The average Bonchev–Trinajstić information content (AvgIpc) is 2.96. The van der Waals surface area contributed by atoms with Gasteiger partial charge in [-0.2, -0.15) is 0 Å². The van der Waals surface area contributed by atoms with E-state index in [2.05, 4.69) is 20.2 Å². The van der Waals surface area contributed by atoms with E-state index in [1.807, 2.05) is 13.8 Å². The van der Waals surface area contributed by atoms with Gasteiger partial charge in [-0.25, -0.2) is 0 Å². The molecule has 0 aliphatic carbocycles. The SMILES string of the molecule is Cc1noc(C)c1CCC(=O)NCc1ccon1. The summed E-state index contributed by atoms with van der Waals surface area (Å²) in [6, 6.07) is 1.72. The van der Waals surface area contributed by atoms with Gasteiger partial charge in [0.2, 0.25) is 5.91 Å². The summed E-state index contributed by atoms with van der Waals surface area (Å²) in [5.41, 5.74) is 2.56. The Morgan fingerprint density at radius 2 is 2.22 bits per heavy atom. The van der Waals surface area contributed by atoms with Gasteiger partial charge in [0.1, 0.15) is 17.7 Å². The minimum Gasteiger partial charge on any atom is -0.364 e. The highest BCUT2D eigenvalue weighted by atomic mass is 16.5. The van der Waals surface area contributed by atoms with Gasteiger partial charge in [-0.1, -0.05) is 10.3 Å². The molecule has 1 N–H and O–H groups in total. The Balaban J connectivity index is 1.78. The summed E-state index contributed by atoms with van der Waals surface area (Å²) in [6.45, 7) is 4.11. The number of hydrogen-bond donors (Lipinski definition) is 1. The minimum atomic E-state index is -0.0296. The second kappa shape index (κ2) is 5.48. The van der Waals surface area contributed by atoms with E-state index in [1.165, 1.54) is 6.26 Å². The molecular formula is C12H15N3O3. The van der Waals surface area contributed by atoms with Gasteiger partial charge >= 0.3 is 0 Å². The summed E-state index contributed by atoms with van der Waals surface area (Å²) in [4.78, 5) is 11.6. The van der Waals surface area contributed by atoms with Crippen LogP contribution in [0.15, 0.2) is 21.4 Å². The Labute approximate surface area is 104 Å². The number of amides is 1. The van der Waals surface area contributed by atoms with E-state index in [1.54, 1.807) is 6.07 Å². The fourth-order valence-electron chi connectivity index (χ4n) is 1.70. The molecule has 0 saturated carbocycles. The van der Waals surface area contributed by atoms with Crippen LogP contribution in [0.1, 0.15) is 29.1 Å². The van der Waals surface area contributed by atoms with Crippen molar-refractivity contribution in [1.29, 1.82) is 0 Å². The first kappa shape index (κ1) is 12.3. The third-order valence-electron chi connectivity index (χ3n) is 2.74. The maximum Gasteiger partial charge on any atom is 0.220 e. The zero-order valence-electron chi connectivity index (χ0n) is 10.4. The standard InChI is InChI=1S/C12H15N3O3/c1-8-11(9(2)18-14-8)3-4-12(16)13-7-10-5-6-17-15-10/h5-6H,3-4,7H2,1-2H3,(H,13,16).